The lowest BCUT2D eigenvalue weighted by Gasteiger charge is -2.36. The Kier molecular flexibility index (Phi) is 6.49. The van der Waals surface area contributed by atoms with Crippen molar-refractivity contribution < 1.29 is 37.3 Å². The standard InChI is InChI=1S/C21H16Cl2F3NO6S/c1-27-3-2-8(14(7-27)33-20(31)21(24,25)26)16-10(28)5-11(29)17-12(30)6-13(32-18(16)17)9-4-15(22)34-19(9)23/h4-6,8,14,28-29H,2-3,7H2,1H3/t8-,14+/m0/s1. The van der Waals surface area contributed by atoms with E-state index in [0.29, 0.717) is 10.9 Å². The number of esters is 1. The van der Waals surface area contributed by atoms with Gasteiger partial charge < -0.3 is 24.3 Å². The van der Waals surface area contributed by atoms with Crippen molar-refractivity contribution in [3.8, 4) is 22.8 Å². The fourth-order valence-corrected chi connectivity index (χ4v) is 5.52. The number of ether oxygens (including phenoxy) is 1. The molecule has 2 atom stereocenters. The van der Waals surface area contributed by atoms with E-state index in [1.165, 1.54) is 6.07 Å². The number of hydrogen-bond acceptors (Lipinski definition) is 8. The summed E-state index contributed by atoms with van der Waals surface area (Å²) in [5, 5.41) is 20.7. The first kappa shape index (κ1) is 24.6. The summed E-state index contributed by atoms with van der Waals surface area (Å²) in [7, 11) is 1.64. The highest BCUT2D eigenvalue weighted by atomic mass is 35.5. The van der Waals surface area contributed by atoms with Gasteiger partial charge in [0.15, 0.2) is 5.43 Å². The number of thiophene rings is 1. The lowest BCUT2D eigenvalue weighted by molar-refractivity contribution is -0.207. The average Bonchev–Trinajstić information content (AvgIpc) is 3.06. The predicted octanol–water partition coefficient (Wildman–Crippen LogP) is 5.13. The van der Waals surface area contributed by atoms with Crippen molar-refractivity contribution in [1.29, 1.82) is 0 Å². The number of fused-ring (bicyclic) bond motifs is 1. The molecule has 0 bridgehead atoms. The largest absolute Gasteiger partial charge is 0.507 e. The molecule has 182 valence electrons. The number of carbonyl (C=O) groups is 1. The van der Waals surface area contributed by atoms with Gasteiger partial charge in [0, 0.05) is 35.7 Å². The summed E-state index contributed by atoms with van der Waals surface area (Å²) in [5.74, 6) is -4.47. The monoisotopic (exact) mass is 537 g/mol. The van der Waals surface area contributed by atoms with Gasteiger partial charge in [0.25, 0.3) is 0 Å². The first-order valence-electron chi connectivity index (χ1n) is 9.81. The van der Waals surface area contributed by atoms with E-state index in [1.54, 1.807) is 11.9 Å². The number of carbonyl (C=O) groups excluding carboxylic acids is 1. The fourth-order valence-electron chi connectivity index (χ4n) is 4.05. The number of rotatable bonds is 3. The molecule has 0 spiro atoms. The third-order valence-corrected chi connectivity index (χ3v) is 7.03. The lowest BCUT2D eigenvalue weighted by Crippen LogP contribution is -2.45. The highest BCUT2D eigenvalue weighted by molar-refractivity contribution is 7.20. The number of likely N-dealkylation sites (N-methyl/N-ethyl adjacent to an activating group) is 1. The molecule has 0 aliphatic carbocycles. The minimum atomic E-state index is -5.21. The van der Waals surface area contributed by atoms with E-state index in [1.807, 2.05) is 0 Å². The Morgan fingerprint density at radius 2 is 1.94 bits per heavy atom. The maximum Gasteiger partial charge on any atom is 0.490 e. The molecule has 13 heteroatoms. The zero-order valence-corrected chi connectivity index (χ0v) is 19.6. The Hall–Kier alpha value is -2.47. The van der Waals surface area contributed by atoms with Gasteiger partial charge >= 0.3 is 12.1 Å². The van der Waals surface area contributed by atoms with Gasteiger partial charge in [0.2, 0.25) is 0 Å². The van der Waals surface area contributed by atoms with Crippen LogP contribution in [-0.2, 0) is 9.53 Å². The number of likely N-dealkylation sites (tertiary alicyclic amines) is 1. The highest BCUT2D eigenvalue weighted by Crippen LogP contribution is 2.45. The van der Waals surface area contributed by atoms with Crippen LogP contribution in [0.5, 0.6) is 11.5 Å². The van der Waals surface area contributed by atoms with Crippen molar-refractivity contribution in [2.45, 2.75) is 24.6 Å². The van der Waals surface area contributed by atoms with Gasteiger partial charge in [-0.25, -0.2) is 4.79 Å². The number of alkyl halides is 3. The van der Waals surface area contributed by atoms with Gasteiger partial charge in [-0.05, 0) is 26.1 Å². The van der Waals surface area contributed by atoms with Crippen LogP contribution in [0.3, 0.4) is 0 Å². The number of phenols is 2. The second-order valence-electron chi connectivity index (χ2n) is 7.84. The second-order valence-corrected chi connectivity index (χ2v) is 10.1. The topological polar surface area (TPSA) is 100 Å². The molecule has 0 amide bonds. The van der Waals surface area contributed by atoms with E-state index < -0.39 is 41.1 Å². The second kappa shape index (κ2) is 8.95. The van der Waals surface area contributed by atoms with Crippen molar-refractivity contribution in [2.24, 2.45) is 0 Å². The molecule has 3 heterocycles. The number of piperidine rings is 1. The van der Waals surface area contributed by atoms with E-state index in [9.17, 15) is 33.0 Å². The summed E-state index contributed by atoms with van der Waals surface area (Å²) < 4.78 is 49.9. The van der Waals surface area contributed by atoms with Gasteiger partial charge in [-0.3, -0.25) is 4.79 Å². The minimum Gasteiger partial charge on any atom is -0.507 e. The van der Waals surface area contributed by atoms with E-state index in [0.717, 1.165) is 23.5 Å². The van der Waals surface area contributed by atoms with E-state index >= 15 is 0 Å². The Balaban J connectivity index is 1.92. The van der Waals surface area contributed by atoms with Crippen LogP contribution in [0, 0.1) is 0 Å². The number of nitrogens with zero attached hydrogens (tertiary/aromatic N) is 1. The van der Waals surface area contributed by atoms with Crippen LogP contribution in [0.4, 0.5) is 13.2 Å². The van der Waals surface area contributed by atoms with Crippen LogP contribution >= 0.6 is 34.5 Å². The minimum absolute atomic E-state index is 0.0198. The van der Waals surface area contributed by atoms with Gasteiger partial charge in [-0.2, -0.15) is 13.2 Å². The molecule has 2 aromatic heterocycles. The van der Waals surface area contributed by atoms with Crippen molar-refractivity contribution >= 4 is 51.5 Å². The van der Waals surface area contributed by atoms with Gasteiger partial charge in [-0.15, -0.1) is 11.3 Å². The summed E-state index contributed by atoms with van der Waals surface area (Å²) in [6, 6.07) is 3.46. The molecule has 1 aromatic carbocycles. The molecule has 0 saturated carbocycles. The molecule has 34 heavy (non-hydrogen) atoms. The smallest absolute Gasteiger partial charge is 0.490 e. The van der Waals surface area contributed by atoms with Crippen LogP contribution in [0.2, 0.25) is 8.67 Å². The maximum absolute atomic E-state index is 12.9. The van der Waals surface area contributed by atoms with Crippen LogP contribution in [0.1, 0.15) is 17.9 Å². The van der Waals surface area contributed by atoms with Crippen molar-refractivity contribution in [2.75, 3.05) is 20.1 Å². The SMILES string of the molecule is CN1CC[C@H](c2c(O)cc(O)c3c(=O)cc(-c4cc(Cl)sc4Cl)oc23)[C@H](OC(=O)C(F)(F)F)C1. The van der Waals surface area contributed by atoms with Crippen LogP contribution < -0.4 is 5.43 Å². The number of aromatic hydroxyl groups is 2. The molecule has 1 aliphatic rings. The molecular weight excluding hydrogens is 522 g/mol. The van der Waals surface area contributed by atoms with E-state index in [-0.39, 0.29) is 45.2 Å². The molecule has 7 nitrogen and oxygen atoms in total. The highest BCUT2D eigenvalue weighted by Gasteiger charge is 2.45. The zero-order chi connectivity index (χ0) is 24.9. The Morgan fingerprint density at radius 3 is 2.56 bits per heavy atom. The Labute approximate surface area is 203 Å². The lowest BCUT2D eigenvalue weighted by atomic mass is 9.85. The van der Waals surface area contributed by atoms with Crippen LogP contribution in [0.25, 0.3) is 22.3 Å². The molecule has 0 radical (unpaired) electrons. The Morgan fingerprint density at radius 1 is 1.24 bits per heavy atom. The quantitative estimate of drug-likeness (QED) is 0.446. The average molecular weight is 538 g/mol. The van der Waals surface area contributed by atoms with Crippen molar-refractivity contribution in [3.63, 3.8) is 0 Å². The first-order chi connectivity index (χ1) is 15.9. The van der Waals surface area contributed by atoms with Crippen LogP contribution in [0.15, 0.2) is 27.4 Å². The number of benzene rings is 1. The normalized spacial score (nSPS) is 19.5. The summed E-state index contributed by atoms with van der Waals surface area (Å²) in [6.45, 7) is 0.326. The molecule has 2 N–H and O–H groups in total. The first-order valence-corrected chi connectivity index (χ1v) is 11.4. The Bertz CT molecular complexity index is 1340. The van der Waals surface area contributed by atoms with Crippen molar-refractivity contribution in [3.05, 3.63) is 42.7 Å². The van der Waals surface area contributed by atoms with Crippen molar-refractivity contribution in [1.82, 2.24) is 4.90 Å². The van der Waals surface area contributed by atoms with Gasteiger partial charge in [0.1, 0.15) is 38.7 Å². The molecule has 1 aliphatic heterocycles. The number of phenolic OH excluding ortho intramolecular Hbond substituents is 2. The van der Waals surface area contributed by atoms with E-state index in [2.05, 4.69) is 0 Å². The summed E-state index contributed by atoms with van der Waals surface area (Å²) in [6.07, 6.45) is -6.37. The van der Waals surface area contributed by atoms with E-state index in [4.69, 9.17) is 32.4 Å². The van der Waals surface area contributed by atoms with Gasteiger partial charge in [0.05, 0.1) is 4.34 Å². The predicted molar refractivity (Wildman–Crippen MR) is 120 cm³/mol. The molecule has 0 unspecified atom stereocenters. The molecular formula is C21H16Cl2F3NO6S. The summed E-state index contributed by atoms with van der Waals surface area (Å²) >= 11 is 13.2. The molecule has 1 fully saturated rings. The zero-order valence-electron chi connectivity index (χ0n) is 17.3. The third-order valence-electron chi connectivity index (χ3n) is 5.54. The fraction of sp³-hybridized carbons (Fsp3) is 0.333. The third kappa shape index (κ3) is 4.57. The molecule has 4 rings (SSSR count). The molecule has 1 saturated heterocycles. The van der Waals surface area contributed by atoms with Gasteiger partial charge in [-0.1, -0.05) is 23.2 Å². The number of hydrogen-bond donors (Lipinski definition) is 2. The van der Waals surface area contributed by atoms with Crippen LogP contribution in [-0.4, -0.2) is 53.5 Å². The number of halogens is 5. The summed E-state index contributed by atoms with van der Waals surface area (Å²) in [5.41, 5.74) is -0.698. The molecule has 3 aromatic rings. The summed E-state index contributed by atoms with van der Waals surface area (Å²) in [4.78, 5) is 26.1. The maximum atomic E-state index is 12.9.